The van der Waals surface area contributed by atoms with Gasteiger partial charge in [0.05, 0.1) is 6.10 Å². The van der Waals surface area contributed by atoms with Crippen molar-refractivity contribution in [3.63, 3.8) is 0 Å². The van der Waals surface area contributed by atoms with Crippen LogP contribution in [0.3, 0.4) is 0 Å². The van der Waals surface area contributed by atoms with E-state index in [1.54, 1.807) is 19.2 Å². The van der Waals surface area contributed by atoms with Gasteiger partial charge in [-0.15, -0.1) is 0 Å². The lowest BCUT2D eigenvalue weighted by Crippen LogP contribution is -2.43. The standard InChI is InChI=1S/C14H18FNO/c1-17-13-8-11-6-7-12(14(13)16-11)9-2-4-10(15)5-3-9/h2-5,11-14,16H,6-8H2,1H3. The number of ether oxygens (including phenoxy) is 1. The van der Waals surface area contributed by atoms with Crippen molar-refractivity contribution in [3.05, 3.63) is 35.6 Å². The van der Waals surface area contributed by atoms with Gasteiger partial charge in [-0.1, -0.05) is 12.1 Å². The first-order chi connectivity index (χ1) is 8.28. The average molecular weight is 235 g/mol. The number of fused-ring (bicyclic) bond motifs is 2. The predicted octanol–water partition coefficient (Wildman–Crippen LogP) is 2.45. The van der Waals surface area contributed by atoms with Gasteiger partial charge in [0.15, 0.2) is 0 Å². The highest BCUT2D eigenvalue weighted by molar-refractivity contribution is 5.25. The van der Waals surface area contributed by atoms with Crippen LogP contribution in [-0.2, 0) is 4.74 Å². The van der Waals surface area contributed by atoms with Crippen molar-refractivity contribution in [3.8, 4) is 0 Å². The second-order valence-electron chi connectivity index (χ2n) is 5.13. The Labute approximate surface area is 101 Å². The number of nitrogens with one attached hydrogen (secondary N) is 1. The van der Waals surface area contributed by atoms with Crippen LogP contribution < -0.4 is 5.32 Å². The molecular weight excluding hydrogens is 217 g/mol. The summed E-state index contributed by atoms with van der Waals surface area (Å²) >= 11 is 0. The molecule has 4 unspecified atom stereocenters. The molecule has 2 bridgehead atoms. The van der Waals surface area contributed by atoms with E-state index in [0.717, 1.165) is 6.42 Å². The zero-order chi connectivity index (χ0) is 11.8. The van der Waals surface area contributed by atoms with Crippen LogP contribution >= 0.6 is 0 Å². The fourth-order valence-corrected chi connectivity index (χ4v) is 3.34. The average Bonchev–Trinajstić information content (AvgIpc) is 2.68. The maximum Gasteiger partial charge on any atom is 0.123 e. The highest BCUT2D eigenvalue weighted by Crippen LogP contribution is 2.38. The SMILES string of the molecule is COC1CC2CCC(c3ccc(F)cc3)C1N2. The van der Waals surface area contributed by atoms with Crippen molar-refractivity contribution < 1.29 is 9.13 Å². The molecule has 0 amide bonds. The van der Waals surface area contributed by atoms with Gasteiger partial charge in [0.1, 0.15) is 5.82 Å². The Hall–Kier alpha value is -0.930. The van der Waals surface area contributed by atoms with E-state index in [-0.39, 0.29) is 5.82 Å². The molecule has 2 aliphatic heterocycles. The molecule has 3 rings (SSSR count). The van der Waals surface area contributed by atoms with Crippen LogP contribution in [0.4, 0.5) is 4.39 Å². The molecule has 17 heavy (non-hydrogen) atoms. The molecule has 1 N–H and O–H groups in total. The van der Waals surface area contributed by atoms with Gasteiger partial charge >= 0.3 is 0 Å². The molecule has 0 aliphatic carbocycles. The normalized spacial score (nSPS) is 36.1. The third kappa shape index (κ3) is 1.98. The van der Waals surface area contributed by atoms with Crippen LogP contribution in [0.15, 0.2) is 24.3 Å². The minimum atomic E-state index is -0.162. The lowest BCUT2D eigenvalue weighted by atomic mass is 9.85. The number of piperidine rings is 1. The van der Waals surface area contributed by atoms with Crippen molar-refractivity contribution >= 4 is 0 Å². The Bertz CT molecular complexity index is 392. The number of hydrogen-bond donors (Lipinski definition) is 1. The van der Waals surface area contributed by atoms with E-state index >= 15 is 0 Å². The molecule has 0 spiro atoms. The van der Waals surface area contributed by atoms with E-state index in [4.69, 9.17) is 4.74 Å². The summed E-state index contributed by atoms with van der Waals surface area (Å²) in [6, 6.07) is 7.93. The Morgan fingerprint density at radius 1 is 1.24 bits per heavy atom. The quantitative estimate of drug-likeness (QED) is 0.850. The van der Waals surface area contributed by atoms with E-state index < -0.39 is 0 Å². The molecule has 0 saturated carbocycles. The fourth-order valence-electron chi connectivity index (χ4n) is 3.34. The minimum absolute atomic E-state index is 0.162. The summed E-state index contributed by atoms with van der Waals surface area (Å²) in [7, 11) is 1.79. The lowest BCUT2D eigenvalue weighted by molar-refractivity contribution is 0.0844. The molecule has 92 valence electrons. The highest BCUT2D eigenvalue weighted by Gasteiger charge is 2.42. The largest absolute Gasteiger partial charge is 0.380 e. The first-order valence-corrected chi connectivity index (χ1v) is 6.32. The Balaban J connectivity index is 1.85. The van der Waals surface area contributed by atoms with Gasteiger partial charge in [-0.05, 0) is 37.0 Å². The number of methoxy groups -OCH3 is 1. The second kappa shape index (κ2) is 4.39. The molecule has 0 radical (unpaired) electrons. The van der Waals surface area contributed by atoms with E-state index in [9.17, 15) is 4.39 Å². The Morgan fingerprint density at radius 2 is 2.00 bits per heavy atom. The van der Waals surface area contributed by atoms with Crippen LogP contribution in [0, 0.1) is 5.82 Å². The summed E-state index contributed by atoms with van der Waals surface area (Å²) in [6.45, 7) is 0. The first kappa shape index (κ1) is 11.2. The van der Waals surface area contributed by atoms with Gasteiger partial charge in [0.25, 0.3) is 0 Å². The molecule has 1 aromatic rings. The van der Waals surface area contributed by atoms with Crippen molar-refractivity contribution in [1.29, 1.82) is 0 Å². The molecule has 3 heteroatoms. The van der Waals surface area contributed by atoms with Gasteiger partial charge in [-0.3, -0.25) is 0 Å². The van der Waals surface area contributed by atoms with Gasteiger partial charge in [0.2, 0.25) is 0 Å². The van der Waals surface area contributed by atoms with Crippen LogP contribution in [0.25, 0.3) is 0 Å². The van der Waals surface area contributed by atoms with Gasteiger partial charge in [0, 0.05) is 25.1 Å². The summed E-state index contributed by atoms with van der Waals surface area (Å²) < 4.78 is 18.5. The number of hydrogen-bond acceptors (Lipinski definition) is 2. The van der Waals surface area contributed by atoms with Crippen LogP contribution in [0.5, 0.6) is 0 Å². The van der Waals surface area contributed by atoms with E-state index in [1.165, 1.54) is 18.4 Å². The lowest BCUT2D eigenvalue weighted by Gasteiger charge is -2.32. The monoisotopic (exact) mass is 235 g/mol. The molecule has 2 saturated heterocycles. The molecule has 2 heterocycles. The topological polar surface area (TPSA) is 21.3 Å². The van der Waals surface area contributed by atoms with Crippen LogP contribution in [-0.4, -0.2) is 25.3 Å². The fraction of sp³-hybridized carbons (Fsp3) is 0.571. The summed E-state index contributed by atoms with van der Waals surface area (Å²) in [5.41, 5.74) is 1.23. The maximum atomic E-state index is 12.9. The molecule has 2 fully saturated rings. The Morgan fingerprint density at radius 3 is 2.71 bits per heavy atom. The van der Waals surface area contributed by atoms with Gasteiger partial charge < -0.3 is 10.1 Å². The number of benzene rings is 1. The smallest absolute Gasteiger partial charge is 0.123 e. The summed E-state index contributed by atoms with van der Waals surface area (Å²) in [6.07, 6.45) is 3.78. The molecule has 2 nitrogen and oxygen atoms in total. The summed E-state index contributed by atoms with van der Waals surface area (Å²) in [5.74, 6) is 0.296. The van der Waals surface area contributed by atoms with Gasteiger partial charge in [-0.25, -0.2) is 4.39 Å². The van der Waals surface area contributed by atoms with E-state index in [2.05, 4.69) is 5.32 Å². The second-order valence-corrected chi connectivity index (χ2v) is 5.13. The summed E-state index contributed by atoms with van der Waals surface area (Å²) in [4.78, 5) is 0. The van der Waals surface area contributed by atoms with Crippen molar-refractivity contribution in [2.75, 3.05) is 7.11 Å². The van der Waals surface area contributed by atoms with Crippen molar-refractivity contribution in [2.45, 2.75) is 43.4 Å². The third-order valence-electron chi connectivity index (χ3n) is 4.21. The number of halogens is 1. The van der Waals surface area contributed by atoms with Crippen LogP contribution in [0.1, 0.15) is 30.7 Å². The van der Waals surface area contributed by atoms with Crippen molar-refractivity contribution in [1.82, 2.24) is 5.32 Å². The van der Waals surface area contributed by atoms with Gasteiger partial charge in [-0.2, -0.15) is 0 Å². The number of rotatable bonds is 2. The maximum absolute atomic E-state index is 12.9. The predicted molar refractivity (Wildman–Crippen MR) is 64.5 cm³/mol. The minimum Gasteiger partial charge on any atom is -0.380 e. The molecule has 4 atom stereocenters. The zero-order valence-electron chi connectivity index (χ0n) is 10.0. The Kier molecular flexibility index (Phi) is 2.89. The molecule has 2 aliphatic rings. The first-order valence-electron chi connectivity index (χ1n) is 6.32. The molecule has 1 aromatic carbocycles. The van der Waals surface area contributed by atoms with Crippen molar-refractivity contribution in [2.24, 2.45) is 0 Å². The van der Waals surface area contributed by atoms with Crippen LogP contribution in [0.2, 0.25) is 0 Å². The third-order valence-corrected chi connectivity index (χ3v) is 4.21. The molecule has 0 aromatic heterocycles. The highest BCUT2D eigenvalue weighted by atomic mass is 19.1. The van der Waals surface area contributed by atoms with E-state index in [0.29, 0.717) is 24.1 Å². The molecular formula is C14H18FNO. The summed E-state index contributed by atoms with van der Waals surface area (Å²) in [5, 5.41) is 3.64. The van der Waals surface area contributed by atoms with E-state index in [1.807, 2.05) is 12.1 Å². The zero-order valence-corrected chi connectivity index (χ0v) is 10.0.